The second-order valence-electron chi connectivity index (χ2n) is 4.83. The number of thioether (sulfide) groups is 1. The number of halogens is 1. The van der Waals surface area contributed by atoms with Crippen molar-refractivity contribution in [2.24, 2.45) is 0 Å². The molecule has 0 spiro atoms. The molecule has 2 atom stereocenters. The molecule has 1 aromatic rings. The van der Waals surface area contributed by atoms with Crippen molar-refractivity contribution in [2.75, 3.05) is 12.8 Å². The minimum atomic E-state index is -0.503. The van der Waals surface area contributed by atoms with E-state index in [-0.39, 0.29) is 11.9 Å². The number of nitrogens with one attached hydrogen (secondary N) is 3. The van der Waals surface area contributed by atoms with Crippen molar-refractivity contribution in [1.29, 1.82) is 0 Å². The Bertz CT molecular complexity index is 553. The minimum Gasteiger partial charge on any atom is -0.341 e. The normalized spacial score (nSPS) is 18.5. The third-order valence-electron chi connectivity index (χ3n) is 3.32. The third-order valence-corrected chi connectivity index (χ3v) is 4.68. The zero-order valence-corrected chi connectivity index (χ0v) is 13.5. The number of carbonyl (C=O) groups is 2. The highest BCUT2D eigenvalue weighted by Gasteiger charge is 2.25. The summed E-state index contributed by atoms with van der Waals surface area (Å²) in [7, 11) is 1.47. The Morgan fingerprint density at radius 1 is 1.43 bits per heavy atom. The van der Waals surface area contributed by atoms with Crippen LogP contribution in [0.1, 0.15) is 24.9 Å². The lowest BCUT2D eigenvalue weighted by atomic mass is 10.0. The van der Waals surface area contributed by atoms with Crippen molar-refractivity contribution < 1.29 is 9.59 Å². The van der Waals surface area contributed by atoms with Gasteiger partial charge >= 0.3 is 6.03 Å². The SMILES string of the molecule is CNC(=O)NC(=O)[C@@H](C)N[C@H]1CCSc2ccc(Cl)cc21. The van der Waals surface area contributed by atoms with Gasteiger partial charge in [-0.25, -0.2) is 4.79 Å². The van der Waals surface area contributed by atoms with Gasteiger partial charge in [0.25, 0.3) is 0 Å². The lowest BCUT2D eigenvalue weighted by Crippen LogP contribution is -2.48. The number of imide groups is 1. The van der Waals surface area contributed by atoms with E-state index in [1.54, 1.807) is 18.7 Å². The number of fused-ring (bicyclic) bond motifs is 1. The highest BCUT2D eigenvalue weighted by Crippen LogP contribution is 2.37. The molecule has 7 heteroatoms. The Kier molecular flexibility index (Phi) is 5.50. The fourth-order valence-corrected chi connectivity index (χ4v) is 3.48. The largest absolute Gasteiger partial charge is 0.341 e. The lowest BCUT2D eigenvalue weighted by Gasteiger charge is -2.28. The Labute approximate surface area is 133 Å². The molecule has 0 fully saturated rings. The second-order valence-corrected chi connectivity index (χ2v) is 6.40. The minimum absolute atomic E-state index is 0.0605. The van der Waals surface area contributed by atoms with Crippen LogP contribution in [0.2, 0.25) is 5.02 Å². The highest BCUT2D eigenvalue weighted by molar-refractivity contribution is 7.99. The molecule has 0 aromatic heterocycles. The number of benzene rings is 1. The lowest BCUT2D eigenvalue weighted by molar-refractivity contribution is -0.121. The molecule has 0 unspecified atom stereocenters. The average Bonchev–Trinajstić information content (AvgIpc) is 2.47. The summed E-state index contributed by atoms with van der Waals surface area (Å²) in [6.07, 6.45) is 0.912. The van der Waals surface area contributed by atoms with Gasteiger partial charge in [0.05, 0.1) is 6.04 Å². The van der Waals surface area contributed by atoms with E-state index in [0.717, 1.165) is 17.7 Å². The number of hydrogen-bond acceptors (Lipinski definition) is 4. The molecule has 0 bridgehead atoms. The summed E-state index contributed by atoms with van der Waals surface area (Å²) < 4.78 is 0. The molecule has 1 heterocycles. The molecular weight excluding hydrogens is 310 g/mol. The predicted octanol–water partition coefficient (Wildman–Crippen LogP) is 2.31. The van der Waals surface area contributed by atoms with Crippen molar-refractivity contribution >= 4 is 35.3 Å². The van der Waals surface area contributed by atoms with E-state index in [0.29, 0.717) is 5.02 Å². The molecule has 114 valence electrons. The van der Waals surface area contributed by atoms with E-state index in [2.05, 4.69) is 16.0 Å². The Hall–Kier alpha value is -1.24. The van der Waals surface area contributed by atoms with Crippen LogP contribution >= 0.6 is 23.4 Å². The number of urea groups is 1. The topological polar surface area (TPSA) is 70.2 Å². The van der Waals surface area contributed by atoms with Gasteiger partial charge in [0.2, 0.25) is 5.91 Å². The van der Waals surface area contributed by atoms with Gasteiger partial charge in [0.15, 0.2) is 0 Å². The van der Waals surface area contributed by atoms with Crippen LogP contribution in [0.25, 0.3) is 0 Å². The first-order valence-corrected chi connectivity index (χ1v) is 8.08. The molecular formula is C14H18ClN3O2S. The van der Waals surface area contributed by atoms with Gasteiger partial charge in [-0.1, -0.05) is 11.6 Å². The molecule has 3 N–H and O–H groups in total. The predicted molar refractivity (Wildman–Crippen MR) is 84.7 cm³/mol. The molecule has 2 rings (SSSR count). The molecule has 0 saturated carbocycles. The third kappa shape index (κ3) is 4.12. The van der Waals surface area contributed by atoms with Gasteiger partial charge in [-0.15, -0.1) is 11.8 Å². The first-order chi connectivity index (χ1) is 10.0. The summed E-state index contributed by atoms with van der Waals surface area (Å²) in [5, 5.41) is 8.58. The zero-order chi connectivity index (χ0) is 15.4. The van der Waals surface area contributed by atoms with Gasteiger partial charge in [0, 0.05) is 23.0 Å². The first-order valence-electron chi connectivity index (χ1n) is 6.72. The van der Waals surface area contributed by atoms with E-state index in [1.807, 2.05) is 18.2 Å². The van der Waals surface area contributed by atoms with Crippen LogP contribution in [0.5, 0.6) is 0 Å². The van der Waals surface area contributed by atoms with Crippen molar-refractivity contribution in [2.45, 2.75) is 30.3 Å². The molecule has 1 aromatic carbocycles. The summed E-state index contributed by atoms with van der Waals surface area (Å²) in [6.45, 7) is 1.74. The zero-order valence-electron chi connectivity index (χ0n) is 11.9. The van der Waals surface area contributed by atoms with Gasteiger partial charge < -0.3 is 5.32 Å². The number of hydrogen-bond donors (Lipinski definition) is 3. The highest BCUT2D eigenvalue weighted by atomic mass is 35.5. The molecule has 0 aliphatic carbocycles. The van der Waals surface area contributed by atoms with Crippen LogP contribution in [0.4, 0.5) is 4.79 Å². The standard InChI is InChI=1S/C14H18ClN3O2S/c1-8(13(19)18-14(20)16-2)17-11-5-6-21-12-4-3-9(15)7-10(11)12/h3-4,7-8,11,17H,5-6H2,1-2H3,(H2,16,18,19,20)/t8-,11+/m1/s1. The van der Waals surface area contributed by atoms with Crippen LogP contribution in [0, 0.1) is 0 Å². The molecule has 1 aliphatic heterocycles. The number of carbonyl (C=O) groups excluding carboxylic acids is 2. The molecule has 5 nitrogen and oxygen atoms in total. The maximum Gasteiger partial charge on any atom is 0.321 e. The van der Waals surface area contributed by atoms with Crippen LogP contribution in [-0.2, 0) is 4.79 Å². The number of amides is 3. The van der Waals surface area contributed by atoms with Crippen LogP contribution in [0.3, 0.4) is 0 Å². The molecule has 0 radical (unpaired) electrons. The maximum absolute atomic E-state index is 11.9. The molecule has 3 amide bonds. The van der Waals surface area contributed by atoms with Crippen LogP contribution in [-0.4, -0.2) is 30.8 Å². The summed E-state index contributed by atoms with van der Waals surface area (Å²) in [5.41, 5.74) is 1.11. The van der Waals surface area contributed by atoms with Crippen LogP contribution < -0.4 is 16.0 Å². The molecule has 1 aliphatic rings. The molecule has 21 heavy (non-hydrogen) atoms. The van der Waals surface area contributed by atoms with Crippen molar-refractivity contribution in [3.63, 3.8) is 0 Å². The second kappa shape index (κ2) is 7.15. The molecule has 0 saturated heterocycles. The Morgan fingerprint density at radius 2 is 2.19 bits per heavy atom. The summed E-state index contributed by atoms with van der Waals surface area (Å²) >= 11 is 7.85. The van der Waals surface area contributed by atoms with Gasteiger partial charge in [-0.05, 0) is 42.9 Å². The van der Waals surface area contributed by atoms with E-state index >= 15 is 0 Å². The Morgan fingerprint density at radius 3 is 2.90 bits per heavy atom. The van der Waals surface area contributed by atoms with Crippen LogP contribution in [0.15, 0.2) is 23.1 Å². The van der Waals surface area contributed by atoms with Crippen molar-refractivity contribution in [3.05, 3.63) is 28.8 Å². The summed E-state index contributed by atoms with van der Waals surface area (Å²) in [5.74, 6) is 0.631. The van der Waals surface area contributed by atoms with Gasteiger partial charge in [-0.3, -0.25) is 15.4 Å². The monoisotopic (exact) mass is 327 g/mol. The van der Waals surface area contributed by atoms with Crippen molar-refractivity contribution in [3.8, 4) is 0 Å². The summed E-state index contributed by atoms with van der Waals surface area (Å²) in [6, 6.07) is 4.90. The smallest absolute Gasteiger partial charge is 0.321 e. The van der Waals surface area contributed by atoms with E-state index in [4.69, 9.17) is 11.6 Å². The maximum atomic E-state index is 11.9. The van der Waals surface area contributed by atoms with Gasteiger partial charge in [0.1, 0.15) is 0 Å². The fraction of sp³-hybridized carbons (Fsp3) is 0.429. The van der Waals surface area contributed by atoms with E-state index < -0.39 is 12.1 Å². The first kappa shape index (κ1) is 16.1. The van der Waals surface area contributed by atoms with Gasteiger partial charge in [-0.2, -0.15) is 0 Å². The fourth-order valence-electron chi connectivity index (χ4n) is 2.20. The summed E-state index contributed by atoms with van der Waals surface area (Å²) in [4.78, 5) is 24.3. The average molecular weight is 328 g/mol. The quantitative estimate of drug-likeness (QED) is 0.797. The number of rotatable bonds is 3. The van der Waals surface area contributed by atoms with E-state index in [9.17, 15) is 9.59 Å². The Balaban J connectivity index is 2.05. The van der Waals surface area contributed by atoms with Crippen molar-refractivity contribution in [1.82, 2.24) is 16.0 Å². The van der Waals surface area contributed by atoms with E-state index in [1.165, 1.54) is 11.9 Å².